The van der Waals surface area contributed by atoms with E-state index < -0.39 is 11.5 Å². The molecule has 0 fully saturated rings. The van der Waals surface area contributed by atoms with Crippen LogP contribution in [0.5, 0.6) is 5.75 Å². The third-order valence-electron chi connectivity index (χ3n) is 2.89. The number of halogens is 1. The van der Waals surface area contributed by atoms with Gasteiger partial charge in [0.15, 0.2) is 5.54 Å². The molecule has 0 aliphatic carbocycles. The maximum atomic E-state index is 11.0. The Kier molecular flexibility index (Phi) is 3.78. The molecule has 4 nitrogen and oxygen atoms in total. The summed E-state index contributed by atoms with van der Waals surface area (Å²) in [7, 11) is 0. The summed E-state index contributed by atoms with van der Waals surface area (Å²) in [5, 5.41) is 18.2. The van der Waals surface area contributed by atoms with Gasteiger partial charge in [0, 0.05) is 5.71 Å². The average Bonchev–Trinajstić information content (AvgIpc) is 2.63. The van der Waals surface area contributed by atoms with Crippen molar-refractivity contribution in [3.05, 3.63) is 29.8 Å². The van der Waals surface area contributed by atoms with Crippen molar-refractivity contribution in [2.75, 3.05) is 0 Å². The van der Waals surface area contributed by atoms with E-state index in [2.05, 4.69) is 4.99 Å². The maximum absolute atomic E-state index is 11.0. The van der Waals surface area contributed by atoms with Crippen LogP contribution in [-0.4, -0.2) is 27.4 Å². The van der Waals surface area contributed by atoms with Crippen LogP contribution in [0.2, 0.25) is 0 Å². The summed E-state index contributed by atoms with van der Waals surface area (Å²) in [6.45, 7) is 1.63. The number of phenols is 1. The normalized spacial score (nSPS) is 22.8. The highest BCUT2D eigenvalue weighted by molar-refractivity contribution is 6.04. The third kappa shape index (κ3) is 2.58. The van der Waals surface area contributed by atoms with Crippen LogP contribution in [-0.2, 0) is 4.79 Å². The molecular formula is C12H14ClNO3. The minimum Gasteiger partial charge on any atom is -0.508 e. The summed E-state index contributed by atoms with van der Waals surface area (Å²) in [5.41, 5.74) is 0.681. The molecule has 0 unspecified atom stereocenters. The van der Waals surface area contributed by atoms with Gasteiger partial charge in [0.25, 0.3) is 0 Å². The fourth-order valence-electron chi connectivity index (χ4n) is 1.79. The highest BCUT2D eigenvalue weighted by atomic mass is 35.5. The van der Waals surface area contributed by atoms with Crippen molar-refractivity contribution >= 4 is 24.1 Å². The van der Waals surface area contributed by atoms with Crippen molar-refractivity contribution in [3.8, 4) is 5.75 Å². The maximum Gasteiger partial charge on any atom is 0.331 e. The fourth-order valence-corrected chi connectivity index (χ4v) is 1.79. The molecule has 0 saturated carbocycles. The predicted molar refractivity (Wildman–Crippen MR) is 67.2 cm³/mol. The van der Waals surface area contributed by atoms with Gasteiger partial charge in [-0.15, -0.1) is 12.4 Å². The molecule has 1 aromatic carbocycles. The van der Waals surface area contributed by atoms with Gasteiger partial charge >= 0.3 is 5.97 Å². The lowest BCUT2D eigenvalue weighted by Gasteiger charge is -2.12. The van der Waals surface area contributed by atoms with E-state index in [1.165, 1.54) is 0 Å². The minimum atomic E-state index is -0.993. The molecule has 17 heavy (non-hydrogen) atoms. The van der Waals surface area contributed by atoms with E-state index in [9.17, 15) is 4.79 Å². The van der Waals surface area contributed by atoms with Crippen LogP contribution in [0.1, 0.15) is 25.3 Å². The van der Waals surface area contributed by atoms with Crippen LogP contribution in [0.4, 0.5) is 0 Å². The van der Waals surface area contributed by atoms with Gasteiger partial charge < -0.3 is 10.2 Å². The Morgan fingerprint density at radius 2 is 1.94 bits per heavy atom. The molecule has 0 amide bonds. The molecule has 5 heteroatoms. The zero-order valence-electron chi connectivity index (χ0n) is 9.38. The number of phenolic OH excluding ortho intramolecular Hbond substituents is 1. The Morgan fingerprint density at radius 3 is 2.41 bits per heavy atom. The van der Waals surface area contributed by atoms with E-state index in [0.29, 0.717) is 12.8 Å². The second kappa shape index (κ2) is 4.75. The number of hydrogen-bond acceptors (Lipinski definition) is 3. The molecule has 1 aliphatic rings. The smallest absolute Gasteiger partial charge is 0.331 e. The molecule has 0 saturated heterocycles. The Morgan fingerprint density at radius 1 is 1.35 bits per heavy atom. The summed E-state index contributed by atoms with van der Waals surface area (Å²) in [5.74, 6) is -0.690. The third-order valence-corrected chi connectivity index (χ3v) is 2.89. The van der Waals surface area contributed by atoms with Gasteiger partial charge in [-0.05, 0) is 49.6 Å². The van der Waals surface area contributed by atoms with Gasteiger partial charge in [0.1, 0.15) is 5.75 Å². The van der Waals surface area contributed by atoms with Gasteiger partial charge in [-0.3, -0.25) is 4.99 Å². The average molecular weight is 256 g/mol. The number of carboxylic acid groups (broad SMARTS) is 1. The van der Waals surface area contributed by atoms with E-state index in [1.807, 2.05) is 0 Å². The zero-order chi connectivity index (χ0) is 11.8. The number of benzene rings is 1. The van der Waals surface area contributed by atoms with Crippen LogP contribution >= 0.6 is 12.4 Å². The van der Waals surface area contributed by atoms with Crippen LogP contribution in [0.3, 0.4) is 0 Å². The van der Waals surface area contributed by atoms with Crippen molar-refractivity contribution in [3.63, 3.8) is 0 Å². The minimum absolute atomic E-state index is 0. The van der Waals surface area contributed by atoms with Gasteiger partial charge in [-0.2, -0.15) is 0 Å². The second-order valence-electron chi connectivity index (χ2n) is 4.18. The van der Waals surface area contributed by atoms with Crippen LogP contribution < -0.4 is 0 Å². The Hall–Kier alpha value is -1.55. The summed E-state index contributed by atoms with van der Waals surface area (Å²) in [6.07, 6.45) is 1.19. The SMILES string of the molecule is C[C@@]1(C(=O)O)CCC(c2ccc(O)cc2)=N1.Cl. The van der Waals surface area contributed by atoms with Crippen molar-refractivity contribution in [1.82, 2.24) is 0 Å². The number of aromatic hydroxyl groups is 1. The first kappa shape index (κ1) is 13.5. The standard InChI is InChI=1S/C12H13NO3.ClH/c1-12(11(15)16)7-6-10(13-12)8-2-4-9(14)5-3-8;/h2-5,14H,6-7H2,1H3,(H,15,16);1H/t12-;/m0./s1. The highest BCUT2D eigenvalue weighted by Gasteiger charge is 2.37. The summed E-state index contributed by atoms with van der Waals surface area (Å²) < 4.78 is 0. The van der Waals surface area contributed by atoms with Gasteiger partial charge in [-0.1, -0.05) is 0 Å². The van der Waals surface area contributed by atoms with E-state index in [-0.39, 0.29) is 18.2 Å². The molecule has 92 valence electrons. The number of carbonyl (C=O) groups is 1. The Bertz CT molecular complexity index is 455. The first-order chi connectivity index (χ1) is 7.51. The quantitative estimate of drug-likeness (QED) is 0.851. The van der Waals surface area contributed by atoms with E-state index in [1.54, 1.807) is 31.2 Å². The number of rotatable bonds is 2. The van der Waals surface area contributed by atoms with E-state index in [4.69, 9.17) is 10.2 Å². The lowest BCUT2D eigenvalue weighted by molar-refractivity contribution is -0.142. The second-order valence-corrected chi connectivity index (χ2v) is 4.18. The number of aliphatic carboxylic acids is 1. The lowest BCUT2D eigenvalue weighted by atomic mass is 9.99. The van der Waals surface area contributed by atoms with E-state index >= 15 is 0 Å². The van der Waals surface area contributed by atoms with Gasteiger partial charge in [-0.25, -0.2) is 4.79 Å². The lowest BCUT2D eigenvalue weighted by Crippen LogP contribution is -2.30. The van der Waals surface area contributed by atoms with Crippen molar-refractivity contribution in [2.45, 2.75) is 25.3 Å². The van der Waals surface area contributed by atoms with Crippen LogP contribution in [0.15, 0.2) is 29.3 Å². The van der Waals surface area contributed by atoms with Gasteiger partial charge in [0.2, 0.25) is 0 Å². The molecule has 0 bridgehead atoms. The Labute approximate surface area is 105 Å². The predicted octanol–water partition coefficient (Wildman–Crippen LogP) is 2.24. The molecule has 0 aromatic heterocycles. The largest absolute Gasteiger partial charge is 0.508 e. The molecule has 1 aromatic rings. The first-order valence-electron chi connectivity index (χ1n) is 5.13. The van der Waals surface area contributed by atoms with Crippen molar-refractivity contribution < 1.29 is 15.0 Å². The fraction of sp³-hybridized carbons (Fsp3) is 0.333. The molecule has 2 rings (SSSR count). The number of aliphatic imine (C=N–C) groups is 1. The number of hydrogen-bond donors (Lipinski definition) is 2. The molecule has 1 atom stereocenters. The molecule has 0 spiro atoms. The Balaban J connectivity index is 0.00000144. The topological polar surface area (TPSA) is 69.9 Å². The summed E-state index contributed by atoms with van der Waals surface area (Å²) >= 11 is 0. The van der Waals surface area contributed by atoms with Crippen molar-refractivity contribution in [2.24, 2.45) is 4.99 Å². The summed E-state index contributed by atoms with van der Waals surface area (Å²) in [6, 6.07) is 6.66. The molecule has 1 heterocycles. The summed E-state index contributed by atoms with van der Waals surface area (Å²) in [4.78, 5) is 15.3. The van der Waals surface area contributed by atoms with E-state index in [0.717, 1.165) is 11.3 Å². The van der Waals surface area contributed by atoms with Crippen LogP contribution in [0.25, 0.3) is 0 Å². The number of nitrogens with zero attached hydrogens (tertiary/aromatic N) is 1. The van der Waals surface area contributed by atoms with Crippen molar-refractivity contribution in [1.29, 1.82) is 0 Å². The van der Waals surface area contributed by atoms with Crippen LogP contribution in [0, 0.1) is 0 Å². The highest BCUT2D eigenvalue weighted by Crippen LogP contribution is 2.28. The number of carboxylic acids is 1. The zero-order valence-corrected chi connectivity index (χ0v) is 10.2. The molecular weight excluding hydrogens is 242 g/mol. The van der Waals surface area contributed by atoms with Gasteiger partial charge in [0.05, 0.1) is 0 Å². The molecule has 2 N–H and O–H groups in total. The monoisotopic (exact) mass is 255 g/mol. The molecule has 0 radical (unpaired) electrons. The molecule has 1 aliphatic heterocycles. The first-order valence-corrected chi connectivity index (χ1v) is 5.13.